The lowest BCUT2D eigenvalue weighted by Gasteiger charge is -2.26. The molecule has 1 fully saturated rings. The zero-order valence-electron chi connectivity index (χ0n) is 19.3. The van der Waals surface area contributed by atoms with Gasteiger partial charge in [0.25, 0.3) is 5.91 Å². The average molecular weight is 462 g/mol. The van der Waals surface area contributed by atoms with Gasteiger partial charge in [-0.05, 0) is 61.1 Å². The molecule has 2 amide bonds. The van der Waals surface area contributed by atoms with Crippen molar-refractivity contribution in [1.82, 2.24) is 19.4 Å². The van der Waals surface area contributed by atoms with Gasteiger partial charge in [0.2, 0.25) is 5.91 Å². The highest BCUT2D eigenvalue weighted by atomic mass is 16.4. The number of likely N-dealkylation sites (tertiary alicyclic amines) is 1. The molecule has 0 aliphatic carbocycles. The van der Waals surface area contributed by atoms with Gasteiger partial charge in [-0.1, -0.05) is 13.8 Å². The van der Waals surface area contributed by atoms with Crippen LogP contribution in [0.4, 0.5) is 5.69 Å². The molecule has 3 aromatic heterocycles. The van der Waals surface area contributed by atoms with Crippen LogP contribution < -0.4 is 11.1 Å². The van der Waals surface area contributed by atoms with Gasteiger partial charge in [0.05, 0.1) is 16.6 Å². The van der Waals surface area contributed by atoms with E-state index in [9.17, 15) is 14.4 Å². The lowest BCUT2D eigenvalue weighted by atomic mass is 10.1. The van der Waals surface area contributed by atoms with E-state index in [2.05, 4.69) is 29.1 Å². The van der Waals surface area contributed by atoms with Gasteiger partial charge < -0.3 is 19.6 Å². The molecule has 9 heteroatoms. The second kappa shape index (κ2) is 8.81. The molecule has 0 saturated carbocycles. The molecule has 34 heavy (non-hydrogen) atoms. The van der Waals surface area contributed by atoms with E-state index in [-0.39, 0.29) is 18.4 Å². The van der Waals surface area contributed by atoms with Crippen molar-refractivity contribution in [3.63, 3.8) is 0 Å². The number of piperidine rings is 1. The van der Waals surface area contributed by atoms with Crippen LogP contribution in [0.1, 0.15) is 55.1 Å². The molecule has 0 unspecified atom stereocenters. The number of benzene rings is 1. The number of hydrogen-bond donors (Lipinski definition) is 2. The number of anilines is 1. The van der Waals surface area contributed by atoms with Crippen molar-refractivity contribution < 1.29 is 14.0 Å². The van der Waals surface area contributed by atoms with E-state index in [0.717, 1.165) is 30.3 Å². The minimum atomic E-state index is -0.591. The molecule has 4 heterocycles. The smallest absolute Gasteiger partial charge is 0.408 e. The molecule has 4 aromatic rings. The van der Waals surface area contributed by atoms with E-state index in [1.165, 1.54) is 4.57 Å². The summed E-state index contributed by atoms with van der Waals surface area (Å²) in [7, 11) is 0. The van der Waals surface area contributed by atoms with Crippen LogP contribution in [0.3, 0.4) is 0 Å². The van der Waals surface area contributed by atoms with Crippen LogP contribution in [-0.4, -0.2) is 44.3 Å². The number of nitrogens with zero attached hydrogens (tertiary/aromatic N) is 3. The summed E-state index contributed by atoms with van der Waals surface area (Å²) in [6, 6.07) is 8.64. The van der Waals surface area contributed by atoms with Crippen molar-refractivity contribution in [2.45, 2.75) is 45.6 Å². The van der Waals surface area contributed by atoms with Gasteiger partial charge in [-0.25, -0.2) is 4.79 Å². The highest BCUT2D eigenvalue weighted by Gasteiger charge is 2.20. The number of pyridine rings is 1. The molecule has 2 N–H and O–H groups in total. The van der Waals surface area contributed by atoms with Crippen LogP contribution in [0.15, 0.2) is 45.7 Å². The number of H-pyrrole nitrogens is 1. The second-order valence-corrected chi connectivity index (χ2v) is 9.07. The summed E-state index contributed by atoms with van der Waals surface area (Å²) >= 11 is 0. The minimum Gasteiger partial charge on any atom is -0.408 e. The number of nitrogens with one attached hydrogen (secondary N) is 2. The Morgan fingerprint density at radius 3 is 2.71 bits per heavy atom. The maximum Gasteiger partial charge on any atom is 0.420 e. The first-order chi connectivity index (χ1) is 16.4. The van der Waals surface area contributed by atoms with Crippen molar-refractivity contribution in [1.29, 1.82) is 0 Å². The number of carbonyl (C=O) groups excluding carboxylic acids is 2. The Labute approximate surface area is 195 Å². The largest absolute Gasteiger partial charge is 0.420 e. The number of hydrogen-bond acceptors (Lipinski definition) is 5. The van der Waals surface area contributed by atoms with Gasteiger partial charge >= 0.3 is 5.76 Å². The predicted molar refractivity (Wildman–Crippen MR) is 129 cm³/mol. The molecule has 0 spiro atoms. The molecule has 1 saturated heterocycles. The first-order valence-electron chi connectivity index (χ1n) is 11.6. The normalized spacial score (nSPS) is 14.3. The zero-order chi connectivity index (χ0) is 23.8. The first-order valence-corrected chi connectivity index (χ1v) is 11.6. The number of oxazole rings is 1. The molecule has 176 valence electrons. The van der Waals surface area contributed by atoms with Crippen LogP contribution in [0.5, 0.6) is 0 Å². The molecule has 9 nitrogen and oxygen atoms in total. The fourth-order valence-corrected chi connectivity index (χ4v) is 4.33. The number of carbonyl (C=O) groups is 2. The second-order valence-electron chi connectivity index (χ2n) is 9.07. The summed E-state index contributed by atoms with van der Waals surface area (Å²) in [5.74, 6) is -0.694. The number of fused-ring (bicyclic) bond motifs is 2. The van der Waals surface area contributed by atoms with Gasteiger partial charge in [-0.3, -0.25) is 19.1 Å². The zero-order valence-corrected chi connectivity index (χ0v) is 19.3. The van der Waals surface area contributed by atoms with Crippen LogP contribution in [0.25, 0.3) is 22.1 Å². The van der Waals surface area contributed by atoms with Crippen molar-refractivity contribution >= 4 is 39.6 Å². The summed E-state index contributed by atoms with van der Waals surface area (Å²) in [6.45, 7) is 5.51. The van der Waals surface area contributed by atoms with E-state index in [1.54, 1.807) is 29.2 Å². The Bertz CT molecular complexity index is 1440. The summed E-state index contributed by atoms with van der Waals surface area (Å²) in [6.07, 6.45) is 4.89. The van der Waals surface area contributed by atoms with E-state index < -0.39 is 5.76 Å². The molecule has 1 aliphatic heterocycles. The molecular weight excluding hydrogens is 434 g/mol. The number of aromatic amines is 1. The molecule has 1 aliphatic rings. The number of amides is 2. The van der Waals surface area contributed by atoms with Gasteiger partial charge in [0.15, 0.2) is 5.58 Å². The summed E-state index contributed by atoms with van der Waals surface area (Å²) in [5.41, 5.74) is 4.30. The average Bonchev–Trinajstić information content (AvgIpc) is 3.40. The molecule has 0 bridgehead atoms. The van der Waals surface area contributed by atoms with Crippen molar-refractivity contribution in [3.05, 3.63) is 58.3 Å². The molecule has 5 rings (SSSR count). The standard InChI is InChI=1S/C25H27N5O4/c1-15(2)16-10-19-18(26-13-16)12-20(28-19)24(32)27-17-6-7-22-21(11-17)30(25(33)34-22)14-23(31)29-8-4-3-5-9-29/h6-7,10-13,15,28H,3-5,8-9,14H2,1-2H3,(H,27,32). The number of rotatable bonds is 5. The van der Waals surface area contributed by atoms with Gasteiger partial charge in [0.1, 0.15) is 12.2 Å². The Kier molecular flexibility index (Phi) is 5.69. The van der Waals surface area contributed by atoms with Gasteiger partial charge in [0, 0.05) is 25.0 Å². The van der Waals surface area contributed by atoms with E-state index in [0.29, 0.717) is 47.0 Å². The Morgan fingerprint density at radius 2 is 1.94 bits per heavy atom. The molecular formula is C25H27N5O4. The monoisotopic (exact) mass is 461 g/mol. The van der Waals surface area contributed by atoms with E-state index in [1.807, 2.05) is 12.3 Å². The van der Waals surface area contributed by atoms with Crippen LogP contribution in [0, 0.1) is 0 Å². The Morgan fingerprint density at radius 1 is 1.15 bits per heavy atom. The van der Waals surface area contributed by atoms with Crippen molar-refractivity contribution in [2.75, 3.05) is 18.4 Å². The summed E-state index contributed by atoms with van der Waals surface area (Å²) < 4.78 is 6.63. The SMILES string of the molecule is CC(C)c1cnc2cc(C(=O)Nc3ccc4oc(=O)n(CC(=O)N5CCCCC5)c4c3)[nH]c2c1. The third kappa shape index (κ3) is 4.21. The summed E-state index contributed by atoms with van der Waals surface area (Å²) in [4.78, 5) is 47.4. The van der Waals surface area contributed by atoms with Gasteiger partial charge in [-0.2, -0.15) is 0 Å². The number of aromatic nitrogens is 3. The van der Waals surface area contributed by atoms with Crippen molar-refractivity contribution in [3.8, 4) is 0 Å². The maximum atomic E-state index is 12.9. The van der Waals surface area contributed by atoms with Crippen LogP contribution in [-0.2, 0) is 11.3 Å². The third-order valence-corrected chi connectivity index (χ3v) is 6.33. The highest BCUT2D eigenvalue weighted by molar-refractivity contribution is 6.06. The Hall–Kier alpha value is -3.88. The first kappa shape index (κ1) is 21.9. The summed E-state index contributed by atoms with van der Waals surface area (Å²) in [5, 5.41) is 2.85. The topological polar surface area (TPSA) is 113 Å². The third-order valence-electron chi connectivity index (χ3n) is 6.33. The maximum absolute atomic E-state index is 12.9. The molecule has 1 aromatic carbocycles. The van der Waals surface area contributed by atoms with E-state index >= 15 is 0 Å². The van der Waals surface area contributed by atoms with Crippen molar-refractivity contribution in [2.24, 2.45) is 0 Å². The van der Waals surface area contributed by atoms with Gasteiger partial charge in [-0.15, -0.1) is 0 Å². The lowest BCUT2D eigenvalue weighted by molar-refractivity contribution is -0.132. The van der Waals surface area contributed by atoms with Crippen LogP contribution in [0.2, 0.25) is 0 Å². The predicted octanol–water partition coefficient (Wildman–Crippen LogP) is 3.86. The quantitative estimate of drug-likeness (QED) is 0.469. The molecule has 0 radical (unpaired) electrons. The van der Waals surface area contributed by atoms with Crippen LogP contribution >= 0.6 is 0 Å². The minimum absolute atomic E-state index is 0.0882. The molecule has 0 atom stereocenters. The lowest BCUT2D eigenvalue weighted by Crippen LogP contribution is -2.39. The van der Waals surface area contributed by atoms with E-state index in [4.69, 9.17) is 4.42 Å². The fraction of sp³-hybridized carbons (Fsp3) is 0.360. The Balaban J connectivity index is 1.38. The highest BCUT2D eigenvalue weighted by Crippen LogP contribution is 2.22. The fourth-order valence-electron chi connectivity index (χ4n) is 4.33.